The number of carbonyl (C=O) groups is 1. The molecular weight excluding hydrogens is 227 g/mol. The highest BCUT2D eigenvalue weighted by Crippen LogP contribution is 2.29. The van der Waals surface area contributed by atoms with E-state index in [0.717, 1.165) is 10.5 Å². The van der Waals surface area contributed by atoms with E-state index in [4.69, 9.17) is 4.74 Å². The number of methoxy groups -OCH3 is 1. The first kappa shape index (κ1) is 13.0. The molecular formula is C12H15FO2S. The molecule has 2 nitrogen and oxygen atoms in total. The Bertz CT molecular complexity index is 379. The van der Waals surface area contributed by atoms with E-state index in [1.165, 1.54) is 31.0 Å². The first-order valence-electron chi connectivity index (χ1n) is 5.09. The first-order valence-corrected chi connectivity index (χ1v) is 5.97. The molecule has 0 aliphatic heterocycles. The van der Waals surface area contributed by atoms with Gasteiger partial charge in [0.05, 0.1) is 7.11 Å². The average molecular weight is 242 g/mol. The van der Waals surface area contributed by atoms with Gasteiger partial charge in [0.25, 0.3) is 0 Å². The van der Waals surface area contributed by atoms with Crippen molar-refractivity contribution in [3.63, 3.8) is 0 Å². The molecule has 1 aromatic rings. The summed E-state index contributed by atoms with van der Waals surface area (Å²) in [5.74, 6) is -0.496. The van der Waals surface area contributed by atoms with Crippen molar-refractivity contribution in [1.29, 1.82) is 0 Å². The Morgan fingerprint density at radius 2 is 2.25 bits per heavy atom. The predicted octanol–water partition coefficient (Wildman–Crippen LogP) is 3.18. The molecule has 0 aliphatic rings. The summed E-state index contributed by atoms with van der Waals surface area (Å²) in [6, 6.07) is 4.56. The molecule has 0 saturated carbocycles. The third-order valence-corrected chi connectivity index (χ3v) is 3.76. The summed E-state index contributed by atoms with van der Waals surface area (Å²) in [7, 11) is 1.38. The van der Waals surface area contributed by atoms with E-state index in [-0.39, 0.29) is 17.0 Å². The molecule has 0 aliphatic carbocycles. The molecule has 0 fully saturated rings. The normalized spacial score (nSPS) is 12.2. The van der Waals surface area contributed by atoms with Crippen LogP contribution in [0.3, 0.4) is 0 Å². The number of benzene rings is 1. The smallest absolute Gasteiger partial charge is 0.319 e. The Morgan fingerprint density at radius 3 is 2.75 bits per heavy atom. The topological polar surface area (TPSA) is 26.3 Å². The zero-order valence-corrected chi connectivity index (χ0v) is 10.4. The third kappa shape index (κ3) is 3.23. The molecule has 0 bridgehead atoms. The number of hydrogen-bond donors (Lipinski definition) is 0. The Hall–Kier alpha value is -1.03. The van der Waals surface area contributed by atoms with Crippen molar-refractivity contribution < 1.29 is 13.9 Å². The number of esters is 1. The predicted molar refractivity (Wildman–Crippen MR) is 63.1 cm³/mol. The van der Waals surface area contributed by atoms with Crippen molar-refractivity contribution in [2.75, 3.05) is 7.11 Å². The molecule has 16 heavy (non-hydrogen) atoms. The van der Waals surface area contributed by atoms with Crippen LogP contribution in [0.25, 0.3) is 0 Å². The van der Waals surface area contributed by atoms with Gasteiger partial charge < -0.3 is 4.74 Å². The number of hydrogen-bond acceptors (Lipinski definition) is 3. The van der Waals surface area contributed by atoms with Crippen LogP contribution < -0.4 is 0 Å². The molecule has 0 spiro atoms. The van der Waals surface area contributed by atoms with Crippen LogP contribution >= 0.6 is 11.8 Å². The monoisotopic (exact) mass is 242 g/mol. The van der Waals surface area contributed by atoms with Gasteiger partial charge in [-0.05, 0) is 37.1 Å². The van der Waals surface area contributed by atoms with Gasteiger partial charge in [0.2, 0.25) is 0 Å². The highest BCUT2D eigenvalue weighted by molar-refractivity contribution is 8.00. The summed E-state index contributed by atoms with van der Waals surface area (Å²) in [6.07, 6.45) is 0.689. The zero-order valence-electron chi connectivity index (χ0n) is 9.62. The first-order chi connectivity index (χ1) is 7.58. The van der Waals surface area contributed by atoms with Gasteiger partial charge in [-0.3, -0.25) is 4.79 Å². The van der Waals surface area contributed by atoms with Gasteiger partial charge in [0.15, 0.2) is 0 Å². The van der Waals surface area contributed by atoms with Crippen LogP contribution in [0.1, 0.15) is 18.9 Å². The second-order valence-corrected chi connectivity index (χ2v) is 4.69. The molecule has 0 saturated heterocycles. The van der Waals surface area contributed by atoms with Gasteiger partial charge in [0, 0.05) is 4.90 Å². The molecule has 1 rings (SSSR count). The van der Waals surface area contributed by atoms with Gasteiger partial charge in [-0.15, -0.1) is 11.8 Å². The minimum Gasteiger partial charge on any atom is -0.468 e. The van der Waals surface area contributed by atoms with E-state index < -0.39 is 0 Å². The van der Waals surface area contributed by atoms with E-state index in [1.54, 1.807) is 6.07 Å². The summed E-state index contributed by atoms with van der Waals surface area (Å²) >= 11 is 1.42. The molecule has 1 atom stereocenters. The lowest BCUT2D eigenvalue weighted by molar-refractivity contribution is -0.140. The Labute approximate surface area is 99.2 Å². The van der Waals surface area contributed by atoms with Crippen molar-refractivity contribution in [2.24, 2.45) is 0 Å². The van der Waals surface area contributed by atoms with Crippen molar-refractivity contribution in [2.45, 2.75) is 30.4 Å². The largest absolute Gasteiger partial charge is 0.468 e. The molecule has 0 radical (unpaired) electrons. The second-order valence-electron chi connectivity index (χ2n) is 3.45. The van der Waals surface area contributed by atoms with Gasteiger partial charge in [-0.25, -0.2) is 4.39 Å². The average Bonchev–Trinajstić information content (AvgIpc) is 2.27. The number of ether oxygens (including phenoxy) is 1. The molecule has 1 unspecified atom stereocenters. The van der Waals surface area contributed by atoms with E-state index in [9.17, 15) is 9.18 Å². The minimum absolute atomic E-state index is 0.228. The van der Waals surface area contributed by atoms with Gasteiger partial charge >= 0.3 is 5.97 Å². The molecule has 0 heterocycles. The Balaban J connectivity index is 2.82. The zero-order chi connectivity index (χ0) is 12.1. The van der Waals surface area contributed by atoms with Crippen LogP contribution in [0.4, 0.5) is 4.39 Å². The van der Waals surface area contributed by atoms with Crippen LogP contribution in [0, 0.1) is 12.7 Å². The third-order valence-electron chi connectivity index (χ3n) is 2.24. The molecule has 88 valence electrons. The summed E-state index contributed by atoms with van der Waals surface area (Å²) < 4.78 is 17.6. The lowest BCUT2D eigenvalue weighted by Gasteiger charge is -2.13. The SMILES string of the molecule is CCC(Sc1ccc(F)cc1C)C(=O)OC. The van der Waals surface area contributed by atoms with Crippen molar-refractivity contribution in [3.8, 4) is 0 Å². The maximum absolute atomic E-state index is 12.9. The maximum atomic E-state index is 12.9. The summed E-state index contributed by atoms with van der Waals surface area (Å²) in [5.41, 5.74) is 0.840. The molecule has 0 amide bonds. The van der Waals surface area contributed by atoms with Gasteiger partial charge in [-0.2, -0.15) is 0 Å². The van der Waals surface area contributed by atoms with Crippen molar-refractivity contribution >= 4 is 17.7 Å². The molecule has 0 N–H and O–H groups in total. The fourth-order valence-electron chi connectivity index (χ4n) is 1.33. The van der Waals surface area contributed by atoms with Crippen LogP contribution in [0.5, 0.6) is 0 Å². The number of rotatable bonds is 4. The number of halogens is 1. The fraction of sp³-hybridized carbons (Fsp3) is 0.417. The maximum Gasteiger partial charge on any atom is 0.319 e. The molecule has 4 heteroatoms. The van der Waals surface area contributed by atoms with Crippen molar-refractivity contribution in [1.82, 2.24) is 0 Å². The van der Waals surface area contributed by atoms with E-state index >= 15 is 0 Å². The quantitative estimate of drug-likeness (QED) is 0.599. The number of carbonyl (C=O) groups excluding carboxylic acids is 1. The van der Waals surface area contributed by atoms with E-state index in [2.05, 4.69) is 0 Å². The Kier molecular flexibility index (Phi) is 4.80. The molecule has 0 aromatic heterocycles. The van der Waals surface area contributed by atoms with E-state index in [1.807, 2.05) is 13.8 Å². The standard InChI is InChI=1S/C12H15FO2S/c1-4-10(12(14)15-3)16-11-6-5-9(13)7-8(11)2/h5-7,10H,4H2,1-3H3. The van der Waals surface area contributed by atoms with E-state index in [0.29, 0.717) is 6.42 Å². The summed E-state index contributed by atoms with van der Waals surface area (Å²) in [6.45, 7) is 3.75. The highest BCUT2D eigenvalue weighted by atomic mass is 32.2. The molecule has 1 aromatic carbocycles. The van der Waals surface area contributed by atoms with Crippen LogP contribution in [0.2, 0.25) is 0 Å². The summed E-state index contributed by atoms with van der Waals surface area (Å²) in [5, 5.41) is -0.228. The van der Waals surface area contributed by atoms with Gasteiger partial charge in [0.1, 0.15) is 11.1 Å². The van der Waals surface area contributed by atoms with Crippen molar-refractivity contribution in [3.05, 3.63) is 29.6 Å². The summed E-state index contributed by atoms with van der Waals surface area (Å²) in [4.78, 5) is 12.3. The Morgan fingerprint density at radius 1 is 1.56 bits per heavy atom. The second kappa shape index (κ2) is 5.89. The fourth-order valence-corrected chi connectivity index (χ4v) is 2.38. The minimum atomic E-state index is -0.257. The van der Waals surface area contributed by atoms with Crippen LogP contribution in [-0.2, 0) is 9.53 Å². The van der Waals surface area contributed by atoms with Gasteiger partial charge in [-0.1, -0.05) is 6.92 Å². The highest BCUT2D eigenvalue weighted by Gasteiger charge is 2.19. The van der Waals surface area contributed by atoms with Crippen LogP contribution in [0.15, 0.2) is 23.1 Å². The van der Waals surface area contributed by atoms with Crippen LogP contribution in [-0.4, -0.2) is 18.3 Å². The lowest BCUT2D eigenvalue weighted by Crippen LogP contribution is -2.17. The lowest BCUT2D eigenvalue weighted by atomic mass is 10.2. The number of aryl methyl sites for hydroxylation is 1. The number of thioether (sulfide) groups is 1.